The third-order valence-electron chi connectivity index (χ3n) is 2.94. The van der Waals surface area contributed by atoms with Gasteiger partial charge in [-0.15, -0.1) is 6.58 Å². The van der Waals surface area contributed by atoms with Gasteiger partial charge in [0, 0.05) is 19.8 Å². The van der Waals surface area contributed by atoms with Crippen molar-refractivity contribution < 1.29 is 9.47 Å². The van der Waals surface area contributed by atoms with E-state index in [0.29, 0.717) is 0 Å². The fraction of sp³-hybridized carbons (Fsp3) is 0.529. The van der Waals surface area contributed by atoms with Gasteiger partial charge < -0.3 is 14.8 Å². The first-order valence-corrected chi connectivity index (χ1v) is 7.41. The van der Waals surface area contributed by atoms with Gasteiger partial charge in [0.05, 0.1) is 0 Å². The molecule has 3 heteroatoms. The maximum Gasteiger partial charge on any atom is 0.123 e. The third-order valence-corrected chi connectivity index (χ3v) is 2.94. The molecule has 0 aromatic heterocycles. The molecule has 0 aliphatic rings. The predicted molar refractivity (Wildman–Crippen MR) is 84.4 cm³/mol. The molecule has 20 heavy (non-hydrogen) atoms. The van der Waals surface area contributed by atoms with Crippen molar-refractivity contribution in [1.29, 1.82) is 0 Å². The van der Waals surface area contributed by atoms with Crippen LogP contribution in [0.25, 0.3) is 0 Å². The Morgan fingerprint density at radius 3 is 2.90 bits per heavy atom. The van der Waals surface area contributed by atoms with Crippen molar-refractivity contribution in [2.24, 2.45) is 0 Å². The summed E-state index contributed by atoms with van der Waals surface area (Å²) < 4.78 is 11.3. The second-order valence-corrected chi connectivity index (χ2v) is 4.78. The molecule has 0 amide bonds. The van der Waals surface area contributed by atoms with Crippen LogP contribution in [-0.2, 0) is 11.2 Å². The van der Waals surface area contributed by atoms with E-state index in [1.54, 1.807) is 0 Å². The van der Waals surface area contributed by atoms with E-state index in [1.165, 1.54) is 5.56 Å². The quantitative estimate of drug-likeness (QED) is 0.498. The van der Waals surface area contributed by atoms with Crippen molar-refractivity contribution in [3.63, 3.8) is 0 Å². The van der Waals surface area contributed by atoms with Crippen LogP contribution in [0.5, 0.6) is 5.75 Å². The molecule has 0 saturated carbocycles. The summed E-state index contributed by atoms with van der Waals surface area (Å²) >= 11 is 0. The summed E-state index contributed by atoms with van der Waals surface area (Å²) in [6.45, 7) is 11.3. The maximum atomic E-state index is 5.98. The molecule has 0 bridgehead atoms. The lowest BCUT2D eigenvalue weighted by Crippen LogP contribution is -2.30. The van der Waals surface area contributed by atoms with Crippen LogP contribution >= 0.6 is 0 Å². The largest absolute Gasteiger partial charge is 0.489 e. The average molecular weight is 277 g/mol. The van der Waals surface area contributed by atoms with Crippen LogP contribution in [0.4, 0.5) is 0 Å². The first-order chi connectivity index (χ1) is 9.77. The molecule has 0 spiro atoms. The first kappa shape index (κ1) is 16.7. The minimum atomic E-state index is 0.146. The molecule has 3 nitrogen and oxygen atoms in total. The first-order valence-electron chi connectivity index (χ1n) is 7.41. The topological polar surface area (TPSA) is 30.5 Å². The molecule has 0 fully saturated rings. The fourth-order valence-corrected chi connectivity index (χ4v) is 1.95. The number of ether oxygens (including phenoxy) is 2. The lowest BCUT2D eigenvalue weighted by atomic mass is 10.1. The molecule has 1 aromatic rings. The van der Waals surface area contributed by atoms with Crippen molar-refractivity contribution in [3.05, 3.63) is 42.5 Å². The van der Waals surface area contributed by atoms with E-state index in [4.69, 9.17) is 9.47 Å². The SMILES string of the molecule is C=CCc1ccccc1OC(C)CNCCCOCC. The summed E-state index contributed by atoms with van der Waals surface area (Å²) in [5.74, 6) is 0.955. The van der Waals surface area contributed by atoms with Gasteiger partial charge in [-0.1, -0.05) is 24.3 Å². The number of hydrogen-bond donors (Lipinski definition) is 1. The molecular formula is C17H27NO2. The Balaban J connectivity index is 2.27. The highest BCUT2D eigenvalue weighted by molar-refractivity contribution is 5.34. The van der Waals surface area contributed by atoms with E-state index >= 15 is 0 Å². The normalized spacial score (nSPS) is 12.1. The van der Waals surface area contributed by atoms with E-state index in [2.05, 4.69) is 24.9 Å². The van der Waals surface area contributed by atoms with Crippen LogP contribution in [0, 0.1) is 0 Å². The van der Waals surface area contributed by atoms with Gasteiger partial charge in [-0.2, -0.15) is 0 Å². The van der Waals surface area contributed by atoms with Crippen LogP contribution < -0.4 is 10.1 Å². The van der Waals surface area contributed by atoms with Gasteiger partial charge in [0.25, 0.3) is 0 Å². The van der Waals surface area contributed by atoms with Crippen LogP contribution in [0.15, 0.2) is 36.9 Å². The van der Waals surface area contributed by atoms with Crippen molar-refractivity contribution in [3.8, 4) is 5.75 Å². The molecular weight excluding hydrogens is 250 g/mol. The third kappa shape index (κ3) is 6.73. The Kier molecular flexibility index (Phi) is 8.76. The lowest BCUT2D eigenvalue weighted by Gasteiger charge is -2.17. The van der Waals surface area contributed by atoms with Crippen molar-refractivity contribution in [2.45, 2.75) is 32.8 Å². The average Bonchev–Trinajstić information content (AvgIpc) is 2.45. The van der Waals surface area contributed by atoms with Crippen molar-refractivity contribution >= 4 is 0 Å². The second kappa shape index (κ2) is 10.5. The highest BCUT2D eigenvalue weighted by Gasteiger charge is 2.06. The van der Waals surface area contributed by atoms with E-state index in [-0.39, 0.29) is 6.10 Å². The Labute approximate surface area is 123 Å². The van der Waals surface area contributed by atoms with Gasteiger partial charge in [-0.05, 0) is 44.9 Å². The molecule has 0 saturated heterocycles. The Morgan fingerprint density at radius 2 is 2.15 bits per heavy atom. The summed E-state index contributed by atoms with van der Waals surface area (Å²) in [4.78, 5) is 0. The number of para-hydroxylation sites is 1. The van der Waals surface area contributed by atoms with Crippen LogP contribution in [0.2, 0.25) is 0 Å². The number of rotatable bonds is 11. The van der Waals surface area contributed by atoms with Gasteiger partial charge in [0.1, 0.15) is 11.9 Å². The van der Waals surface area contributed by atoms with Crippen LogP contribution in [0.1, 0.15) is 25.8 Å². The minimum Gasteiger partial charge on any atom is -0.489 e. The highest BCUT2D eigenvalue weighted by atomic mass is 16.5. The zero-order chi connectivity index (χ0) is 14.6. The summed E-state index contributed by atoms with van der Waals surface area (Å²) in [5, 5.41) is 3.39. The zero-order valence-electron chi connectivity index (χ0n) is 12.7. The van der Waals surface area contributed by atoms with Crippen LogP contribution in [-0.4, -0.2) is 32.4 Å². The predicted octanol–water partition coefficient (Wildman–Crippen LogP) is 3.20. The Morgan fingerprint density at radius 1 is 1.35 bits per heavy atom. The summed E-state index contributed by atoms with van der Waals surface area (Å²) in [6, 6.07) is 8.14. The monoisotopic (exact) mass is 277 g/mol. The molecule has 1 atom stereocenters. The summed E-state index contributed by atoms with van der Waals surface area (Å²) in [7, 11) is 0. The van der Waals surface area contributed by atoms with E-state index < -0.39 is 0 Å². The number of benzene rings is 1. The van der Waals surface area contributed by atoms with Gasteiger partial charge in [0.2, 0.25) is 0 Å². The molecule has 1 rings (SSSR count). The van der Waals surface area contributed by atoms with Crippen molar-refractivity contribution in [2.75, 3.05) is 26.3 Å². The van der Waals surface area contributed by atoms with Crippen LogP contribution in [0.3, 0.4) is 0 Å². The number of nitrogens with one attached hydrogen (secondary N) is 1. The van der Waals surface area contributed by atoms with E-state index in [9.17, 15) is 0 Å². The standard InChI is InChI=1S/C17H27NO2/c1-4-9-16-10-6-7-11-17(16)20-15(3)14-18-12-8-13-19-5-2/h4,6-7,10-11,15,18H,1,5,8-9,12-14H2,2-3H3. The van der Waals surface area contributed by atoms with E-state index in [0.717, 1.165) is 44.9 Å². The summed E-state index contributed by atoms with van der Waals surface area (Å²) in [6.07, 6.45) is 3.92. The number of hydrogen-bond acceptors (Lipinski definition) is 3. The molecule has 0 heterocycles. The second-order valence-electron chi connectivity index (χ2n) is 4.78. The van der Waals surface area contributed by atoms with Gasteiger partial charge in [0.15, 0.2) is 0 Å². The smallest absolute Gasteiger partial charge is 0.123 e. The Bertz CT molecular complexity index is 379. The zero-order valence-corrected chi connectivity index (χ0v) is 12.7. The van der Waals surface area contributed by atoms with Gasteiger partial charge >= 0.3 is 0 Å². The molecule has 1 aromatic carbocycles. The van der Waals surface area contributed by atoms with Crippen molar-refractivity contribution in [1.82, 2.24) is 5.32 Å². The number of allylic oxidation sites excluding steroid dienone is 1. The molecule has 1 N–H and O–H groups in total. The maximum absolute atomic E-state index is 5.98. The molecule has 112 valence electrons. The molecule has 0 aliphatic carbocycles. The minimum absolute atomic E-state index is 0.146. The van der Waals surface area contributed by atoms with Gasteiger partial charge in [-0.25, -0.2) is 0 Å². The molecule has 0 radical (unpaired) electrons. The lowest BCUT2D eigenvalue weighted by molar-refractivity contribution is 0.143. The summed E-state index contributed by atoms with van der Waals surface area (Å²) in [5.41, 5.74) is 1.19. The molecule has 1 unspecified atom stereocenters. The van der Waals surface area contributed by atoms with Gasteiger partial charge in [-0.3, -0.25) is 0 Å². The fourth-order valence-electron chi connectivity index (χ4n) is 1.95. The highest BCUT2D eigenvalue weighted by Crippen LogP contribution is 2.19. The molecule has 0 aliphatic heterocycles. The Hall–Kier alpha value is -1.32. The van der Waals surface area contributed by atoms with E-state index in [1.807, 2.05) is 31.2 Å².